The van der Waals surface area contributed by atoms with Crippen LogP contribution in [0.2, 0.25) is 0 Å². The van der Waals surface area contributed by atoms with E-state index in [0.717, 1.165) is 30.6 Å². The van der Waals surface area contributed by atoms with E-state index in [9.17, 15) is 5.11 Å². The monoisotopic (exact) mass is 416 g/mol. The second-order valence-corrected chi connectivity index (χ2v) is 11.3. The number of fused-ring (bicyclic) bond motifs is 5. The fourth-order valence-corrected chi connectivity index (χ4v) is 8.49. The first-order valence-electron chi connectivity index (χ1n) is 12.5. The number of rotatable bonds is 2. The van der Waals surface area contributed by atoms with Crippen molar-refractivity contribution < 1.29 is 5.11 Å². The average molecular weight is 417 g/mol. The maximum Gasteiger partial charge on any atom is 0.0648 e. The molecule has 4 aliphatic carbocycles. The zero-order chi connectivity index (χ0) is 21.2. The van der Waals surface area contributed by atoms with E-state index in [1.165, 1.54) is 49.9 Å². The SMILES string of the molecule is C[C@]12CC[C@H]3[C@@H](CC=C4C[C@@H](O)CC[C@@]43C)[C@@H]1CC[C@@H]2c1ccnn1-c1ccccc1. The summed E-state index contributed by atoms with van der Waals surface area (Å²) in [6.07, 6.45) is 14.1. The van der Waals surface area contributed by atoms with Crippen molar-refractivity contribution in [1.82, 2.24) is 9.78 Å². The van der Waals surface area contributed by atoms with Crippen LogP contribution in [0.25, 0.3) is 5.69 Å². The molecule has 3 saturated carbocycles. The molecule has 1 aromatic heterocycles. The minimum absolute atomic E-state index is 0.112. The Morgan fingerprint density at radius 2 is 1.81 bits per heavy atom. The van der Waals surface area contributed by atoms with Crippen LogP contribution in [0.3, 0.4) is 0 Å². The quantitative estimate of drug-likeness (QED) is 0.585. The van der Waals surface area contributed by atoms with Gasteiger partial charge < -0.3 is 5.11 Å². The summed E-state index contributed by atoms with van der Waals surface area (Å²) in [5, 5.41) is 15.0. The molecule has 1 aromatic carbocycles. The van der Waals surface area contributed by atoms with Gasteiger partial charge >= 0.3 is 0 Å². The number of aromatic nitrogens is 2. The van der Waals surface area contributed by atoms with Gasteiger partial charge in [-0.1, -0.05) is 43.7 Å². The molecule has 1 N–H and O–H groups in total. The van der Waals surface area contributed by atoms with Crippen LogP contribution in [0.15, 0.2) is 54.2 Å². The van der Waals surface area contributed by atoms with Gasteiger partial charge in [-0.15, -0.1) is 0 Å². The fourth-order valence-electron chi connectivity index (χ4n) is 8.49. The Hall–Kier alpha value is -1.87. The summed E-state index contributed by atoms with van der Waals surface area (Å²) in [5.41, 5.74) is 4.86. The van der Waals surface area contributed by atoms with E-state index < -0.39 is 0 Å². The van der Waals surface area contributed by atoms with Gasteiger partial charge in [0.25, 0.3) is 0 Å². The predicted octanol–water partition coefficient (Wildman–Crippen LogP) is 6.28. The minimum Gasteiger partial charge on any atom is -0.393 e. The van der Waals surface area contributed by atoms with Crippen LogP contribution < -0.4 is 0 Å². The smallest absolute Gasteiger partial charge is 0.0648 e. The Morgan fingerprint density at radius 3 is 2.65 bits per heavy atom. The van der Waals surface area contributed by atoms with Crippen LogP contribution in [0.4, 0.5) is 0 Å². The zero-order valence-electron chi connectivity index (χ0n) is 19.0. The van der Waals surface area contributed by atoms with E-state index in [1.807, 2.05) is 6.20 Å². The van der Waals surface area contributed by atoms with Crippen molar-refractivity contribution in [1.29, 1.82) is 0 Å². The molecule has 3 fully saturated rings. The van der Waals surface area contributed by atoms with Crippen molar-refractivity contribution in [3.63, 3.8) is 0 Å². The van der Waals surface area contributed by atoms with E-state index >= 15 is 0 Å². The van der Waals surface area contributed by atoms with Gasteiger partial charge in [0.05, 0.1) is 11.8 Å². The summed E-state index contributed by atoms with van der Waals surface area (Å²) in [7, 11) is 0. The maximum atomic E-state index is 10.3. The molecule has 4 aliphatic rings. The van der Waals surface area contributed by atoms with Gasteiger partial charge in [-0.25, -0.2) is 4.68 Å². The molecule has 0 radical (unpaired) electrons. The van der Waals surface area contributed by atoms with Gasteiger partial charge in [-0.05, 0) is 98.1 Å². The Balaban J connectivity index is 1.33. The molecule has 0 saturated heterocycles. The van der Waals surface area contributed by atoms with Crippen LogP contribution in [0, 0.1) is 28.6 Å². The molecule has 0 unspecified atom stereocenters. The minimum atomic E-state index is -0.112. The highest BCUT2D eigenvalue weighted by atomic mass is 16.3. The third-order valence-electron chi connectivity index (χ3n) is 10.1. The molecule has 3 nitrogen and oxygen atoms in total. The third kappa shape index (κ3) is 2.85. The molecule has 31 heavy (non-hydrogen) atoms. The predicted molar refractivity (Wildman–Crippen MR) is 124 cm³/mol. The second-order valence-electron chi connectivity index (χ2n) is 11.3. The van der Waals surface area contributed by atoms with Crippen molar-refractivity contribution in [2.75, 3.05) is 0 Å². The zero-order valence-corrected chi connectivity index (χ0v) is 19.0. The number of allylic oxidation sites excluding steroid dienone is 1. The molecule has 6 rings (SSSR count). The van der Waals surface area contributed by atoms with Crippen LogP contribution >= 0.6 is 0 Å². The molecule has 0 amide bonds. The van der Waals surface area contributed by atoms with Crippen LogP contribution in [-0.4, -0.2) is 21.0 Å². The van der Waals surface area contributed by atoms with E-state index in [1.54, 1.807) is 5.57 Å². The number of hydrogen-bond acceptors (Lipinski definition) is 2. The average Bonchev–Trinajstić information content (AvgIpc) is 3.38. The van der Waals surface area contributed by atoms with Crippen molar-refractivity contribution in [2.45, 2.75) is 77.2 Å². The van der Waals surface area contributed by atoms with E-state index in [-0.39, 0.29) is 6.10 Å². The van der Waals surface area contributed by atoms with Gasteiger partial charge in [0.1, 0.15) is 0 Å². The molecule has 2 aromatic rings. The van der Waals surface area contributed by atoms with Gasteiger partial charge in [-0.2, -0.15) is 5.10 Å². The Bertz CT molecular complexity index is 993. The molecular formula is C28H36N2O. The lowest BCUT2D eigenvalue weighted by atomic mass is 9.47. The summed E-state index contributed by atoms with van der Waals surface area (Å²) in [6.45, 7) is 5.13. The fraction of sp³-hybridized carbons (Fsp3) is 0.607. The Labute approximate surface area is 186 Å². The number of para-hydroxylation sites is 1. The number of aliphatic hydroxyl groups excluding tert-OH is 1. The first-order valence-corrected chi connectivity index (χ1v) is 12.5. The standard InChI is InChI=1S/C28H36N2O/c1-27-15-12-21(31)18-19(27)8-9-22-23-10-11-25(28(23,2)16-13-24(22)27)26-14-17-29-30(26)20-6-4-3-5-7-20/h3-8,14,17,21-25,31H,9-13,15-16,18H2,1-2H3/t21-,22-,23-,24-,25+,27-,28-/m0/s1. The lowest BCUT2D eigenvalue weighted by Crippen LogP contribution is -2.50. The number of nitrogens with zero attached hydrogens (tertiary/aromatic N) is 2. The Kier molecular flexibility index (Phi) is 4.51. The second kappa shape index (κ2) is 7.07. The molecule has 0 aliphatic heterocycles. The molecule has 0 bridgehead atoms. The summed E-state index contributed by atoms with van der Waals surface area (Å²) in [5.74, 6) is 3.00. The molecule has 7 atom stereocenters. The van der Waals surface area contributed by atoms with Crippen LogP contribution in [0.5, 0.6) is 0 Å². The van der Waals surface area contributed by atoms with Gasteiger partial charge in [0.2, 0.25) is 0 Å². The van der Waals surface area contributed by atoms with Crippen molar-refractivity contribution in [2.24, 2.45) is 28.6 Å². The van der Waals surface area contributed by atoms with Crippen LogP contribution in [0.1, 0.15) is 76.8 Å². The summed E-state index contributed by atoms with van der Waals surface area (Å²) in [6, 6.07) is 12.9. The number of benzene rings is 1. The molecule has 0 spiro atoms. The molecule has 1 heterocycles. The van der Waals surface area contributed by atoms with E-state index in [4.69, 9.17) is 5.10 Å². The first-order chi connectivity index (χ1) is 15.0. The summed E-state index contributed by atoms with van der Waals surface area (Å²) >= 11 is 0. The summed E-state index contributed by atoms with van der Waals surface area (Å²) < 4.78 is 2.20. The number of aliphatic hydroxyl groups is 1. The van der Waals surface area contributed by atoms with Crippen molar-refractivity contribution in [3.05, 3.63) is 59.9 Å². The highest BCUT2D eigenvalue weighted by Gasteiger charge is 2.59. The largest absolute Gasteiger partial charge is 0.393 e. The van der Waals surface area contributed by atoms with Crippen molar-refractivity contribution in [3.8, 4) is 5.69 Å². The highest BCUT2D eigenvalue weighted by molar-refractivity contribution is 5.35. The molecule has 164 valence electrons. The van der Waals surface area contributed by atoms with E-state index in [2.05, 4.69) is 61.0 Å². The molecular weight excluding hydrogens is 380 g/mol. The maximum absolute atomic E-state index is 10.3. The Morgan fingerprint density at radius 1 is 0.968 bits per heavy atom. The number of hydrogen-bond donors (Lipinski definition) is 1. The van der Waals surface area contributed by atoms with Crippen molar-refractivity contribution >= 4 is 0 Å². The molecule has 3 heteroatoms. The van der Waals surface area contributed by atoms with Gasteiger partial charge in [-0.3, -0.25) is 0 Å². The summed E-state index contributed by atoms with van der Waals surface area (Å²) in [4.78, 5) is 0. The third-order valence-corrected chi connectivity index (χ3v) is 10.1. The van der Waals surface area contributed by atoms with Crippen LogP contribution in [-0.2, 0) is 0 Å². The lowest BCUT2D eigenvalue weighted by molar-refractivity contribution is -0.0414. The first kappa shape index (κ1) is 19.8. The topological polar surface area (TPSA) is 38.1 Å². The highest BCUT2D eigenvalue weighted by Crippen LogP contribution is 2.68. The van der Waals surface area contributed by atoms with E-state index in [0.29, 0.717) is 16.7 Å². The van der Waals surface area contributed by atoms with Gasteiger partial charge in [0.15, 0.2) is 0 Å². The lowest BCUT2D eigenvalue weighted by Gasteiger charge is -2.58. The normalized spacial score (nSPS) is 41.8. The van der Waals surface area contributed by atoms with Gasteiger partial charge in [0, 0.05) is 17.8 Å².